The number of alkyl halides is 3. The van der Waals surface area contributed by atoms with Gasteiger partial charge in [0.1, 0.15) is 5.75 Å². The molecule has 25 heavy (non-hydrogen) atoms. The predicted molar refractivity (Wildman–Crippen MR) is 83.6 cm³/mol. The lowest BCUT2D eigenvalue weighted by Gasteiger charge is -2.18. The number of likely N-dealkylation sites (tertiary alicyclic amines) is 1. The molecule has 3 rings (SSSR count). The Morgan fingerprint density at radius 3 is 2.72 bits per heavy atom. The maximum Gasteiger partial charge on any atom is 0.573 e. The highest BCUT2D eigenvalue weighted by Gasteiger charge is 2.37. The first-order valence-electron chi connectivity index (χ1n) is 8.32. The molecule has 2 aliphatic rings. The number of aliphatic hydroxyl groups excluding tert-OH is 1. The first-order valence-corrected chi connectivity index (χ1v) is 8.32. The summed E-state index contributed by atoms with van der Waals surface area (Å²) in [6.45, 7) is 1.54. The molecule has 1 aromatic carbocycles. The van der Waals surface area contributed by atoms with Crippen LogP contribution < -0.4 is 10.1 Å². The van der Waals surface area contributed by atoms with Crippen LogP contribution in [0.4, 0.5) is 13.2 Å². The molecule has 1 aliphatic carbocycles. The minimum Gasteiger partial charge on any atom is -0.406 e. The Bertz CT molecular complexity index is 619. The minimum atomic E-state index is -4.72. The van der Waals surface area contributed by atoms with E-state index in [0.29, 0.717) is 25.2 Å². The van der Waals surface area contributed by atoms with Crippen molar-refractivity contribution < 1.29 is 27.8 Å². The van der Waals surface area contributed by atoms with Gasteiger partial charge in [0, 0.05) is 44.1 Å². The molecule has 2 atom stereocenters. The molecule has 0 bridgehead atoms. The standard InChI is InChI=1S/C17H21F3N2O3/c18-17(19,20)25-14-3-1-2-11(6-14)7-22-8-13(10-23)15(9-22)21-16(24)12-4-5-12/h1-3,6,12-13,15,23H,4-5,7-10H2,(H,21,24)/t13-,15+/m0/s1. The summed E-state index contributed by atoms with van der Waals surface area (Å²) in [4.78, 5) is 14.0. The van der Waals surface area contributed by atoms with Crippen molar-refractivity contribution in [1.29, 1.82) is 0 Å². The van der Waals surface area contributed by atoms with Crippen molar-refractivity contribution in [3.8, 4) is 5.75 Å². The molecule has 8 heteroatoms. The second-order valence-corrected chi connectivity index (χ2v) is 6.72. The monoisotopic (exact) mass is 358 g/mol. The summed E-state index contributed by atoms with van der Waals surface area (Å²) in [5.74, 6) is -0.186. The van der Waals surface area contributed by atoms with Crippen LogP contribution in [0.5, 0.6) is 5.75 Å². The average molecular weight is 358 g/mol. The van der Waals surface area contributed by atoms with Crippen molar-refractivity contribution in [2.75, 3.05) is 19.7 Å². The van der Waals surface area contributed by atoms with Crippen LogP contribution in [0.1, 0.15) is 18.4 Å². The molecular formula is C17H21F3N2O3. The number of hydrogen-bond acceptors (Lipinski definition) is 4. The number of hydrogen-bond donors (Lipinski definition) is 2. The smallest absolute Gasteiger partial charge is 0.406 e. The number of carbonyl (C=O) groups excluding carboxylic acids is 1. The van der Waals surface area contributed by atoms with E-state index in [2.05, 4.69) is 10.1 Å². The van der Waals surface area contributed by atoms with Gasteiger partial charge in [-0.25, -0.2) is 0 Å². The fourth-order valence-corrected chi connectivity index (χ4v) is 3.18. The Balaban J connectivity index is 1.59. The summed E-state index contributed by atoms with van der Waals surface area (Å²) >= 11 is 0. The van der Waals surface area contributed by atoms with E-state index in [1.54, 1.807) is 6.07 Å². The van der Waals surface area contributed by atoms with E-state index in [0.717, 1.165) is 12.8 Å². The lowest BCUT2D eigenvalue weighted by Crippen LogP contribution is -2.42. The van der Waals surface area contributed by atoms with Gasteiger partial charge >= 0.3 is 6.36 Å². The Labute approximate surface area is 143 Å². The Morgan fingerprint density at radius 2 is 2.08 bits per heavy atom. The van der Waals surface area contributed by atoms with Gasteiger partial charge in [-0.15, -0.1) is 13.2 Å². The number of rotatable bonds is 6. The van der Waals surface area contributed by atoms with E-state index in [1.807, 2.05) is 4.90 Å². The number of halogens is 3. The number of carbonyl (C=O) groups is 1. The average Bonchev–Trinajstić information content (AvgIpc) is 3.30. The number of amides is 1. The van der Waals surface area contributed by atoms with Crippen molar-refractivity contribution >= 4 is 5.91 Å². The number of nitrogens with zero attached hydrogens (tertiary/aromatic N) is 1. The second-order valence-electron chi connectivity index (χ2n) is 6.72. The molecule has 1 heterocycles. The summed E-state index contributed by atoms with van der Waals surface area (Å²) in [6.07, 6.45) is -2.89. The highest BCUT2D eigenvalue weighted by Crippen LogP contribution is 2.30. The number of aliphatic hydroxyl groups is 1. The second kappa shape index (κ2) is 7.21. The van der Waals surface area contributed by atoms with E-state index >= 15 is 0 Å². The maximum atomic E-state index is 12.3. The molecule has 2 N–H and O–H groups in total. The van der Waals surface area contributed by atoms with E-state index in [1.165, 1.54) is 18.2 Å². The molecular weight excluding hydrogens is 337 g/mol. The molecule has 2 fully saturated rings. The van der Waals surface area contributed by atoms with Crippen molar-refractivity contribution in [2.45, 2.75) is 31.8 Å². The number of nitrogens with one attached hydrogen (secondary N) is 1. The highest BCUT2D eigenvalue weighted by atomic mass is 19.4. The number of benzene rings is 1. The molecule has 1 aliphatic heterocycles. The van der Waals surface area contributed by atoms with Crippen LogP contribution in [0.3, 0.4) is 0 Å². The van der Waals surface area contributed by atoms with Crippen LogP contribution >= 0.6 is 0 Å². The van der Waals surface area contributed by atoms with E-state index < -0.39 is 6.36 Å². The van der Waals surface area contributed by atoms with Gasteiger partial charge in [0.25, 0.3) is 0 Å². The van der Waals surface area contributed by atoms with Crippen LogP contribution in [0.15, 0.2) is 24.3 Å². The fourth-order valence-electron chi connectivity index (χ4n) is 3.18. The third kappa shape index (κ3) is 5.09. The molecule has 0 spiro atoms. The SMILES string of the molecule is O=C(N[C@@H]1CN(Cc2cccc(OC(F)(F)F)c2)C[C@H]1CO)C1CC1. The van der Waals surface area contributed by atoms with Crippen molar-refractivity contribution in [3.05, 3.63) is 29.8 Å². The van der Waals surface area contributed by atoms with Crippen LogP contribution in [0.25, 0.3) is 0 Å². The lowest BCUT2D eigenvalue weighted by atomic mass is 10.1. The molecule has 1 saturated carbocycles. The topological polar surface area (TPSA) is 61.8 Å². The first kappa shape index (κ1) is 18.0. The quantitative estimate of drug-likeness (QED) is 0.816. The lowest BCUT2D eigenvalue weighted by molar-refractivity contribution is -0.274. The predicted octanol–water partition coefficient (Wildman–Crippen LogP) is 1.90. The fraction of sp³-hybridized carbons (Fsp3) is 0.588. The van der Waals surface area contributed by atoms with E-state index in [-0.39, 0.29) is 36.1 Å². The summed E-state index contributed by atoms with van der Waals surface area (Å²) in [5, 5.41) is 12.5. The largest absolute Gasteiger partial charge is 0.573 e. The molecule has 1 aromatic rings. The third-order valence-electron chi connectivity index (χ3n) is 4.57. The van der Waals surface area contributed by atoms with E-state index in [4.69, 9.17) is 0 Å². The van der Waals surface area contributed by atoms with Gasteiger partial charge in [-0.1, -0.05) is 12.1 Å². The molecule has 138 valence electrons. The van der Waals surface area contributed by atoms with Gasteiger partial charge in [-0.3, -0.25) is 9.69 Å². The molecule has 1 saturated heterocycles. The summed E-state index contributed by atoms with van der Waals surface area (Å²) in [6, 6.07) is 5.73. The highest BCUT2D eigenvalue weighted by molar-refractivity contribution is 5.81. The van der Waals surface area contributed by atoms with Crippen molar-refractivity contribution in [3.63, 3.8) is 0 Å². The van der Waals surface area contributed by atoms with Gasteiger partial charge in [-0.2, -0.15) is 0 Å². The Hall–Kier alpha value is -1.80. The zero-order valence-corrected chi connectivity index (χ0v) is 13.6. The van der Waals surface area contributed by atoms with Gasteiger partial charge < -0.3 is 15.2 Å². The first-order chi connectivity index (χ1) is 11.8. The molecule has 0 aromatic heterocycles. The molecule has 1 amide bonds. The van der Waals surface area contributed by atoms with Crippen LogP contribution in [0, 0.1) is 11.8 Å². The zero-order valence-electron chi connectivity index (χ0n) is 13.6. The van der Waals surface area contributed by atoms with E-state index in [9.17, 15) is 23.1 Å². The third-order valence-corrected chi connectivity index (χ3v) is 4.57. The molecule has 0 radical (unpaired) electrons. The minimum absolute atomic E-state index is 0.0332. The number of ether oxygens (including phenoxy) is 1. The Kier molecular flexibility index (Phi) is 5.19. The van der Waals surface area contributed by atoms with Crippen LogP contribution in [-0.4, -0.2) is 48.0 Å². The van der Waals surface area contributed by atoms with Crippen LogP contribution in [-0.2, 0) is 11.3 Å². The Morgan fingerprint density at radius 1 is 1.32 bits per heavy atom. The maximum absolute atomic E-state index is 12.3. The van der Waals surface area contributed by atoms with Crippen LogP contribution in [0.2, 0.25) is 0 Å². The van der Waals surface area contributed by atoms with Gasteiger partial charge in [-0.05, 0) is 30.5 Å². The molecule has 5 nitrogen and oxygen atoms in total. The van der Waals surface area contributed by atoms with Gasteiger partial charge in [0.2, 0.25) is 5.91 Å². The molecule has 0 unspecified atom stereocenters. The van der Waals surface area contributed by atoms with Gasteiger partial charge in [0.15, 0.2) is 0 Å². The van der Waals surface area contributed by atoms with Crippen molar-refractivity contribution in [2.24, 2.45) is 11.8 Å². The summed E-state index contributed by atoms with van der Waals surface area (Å²) < 4.78 is 40.9. The van der Waals surface area contributed by atoms with Crippen molar-refractivity contribution in [1.82, 2.24) is 10.2 Å². The van der Waals surface area contributed by atoms with Gasteiger partial charge in [0.05, 0.1) is 0 Å². The zero-order chi connectivity index (χ0) is 18.0. The summed E-state index contributed by atoms with van der Waals surface area (Å²) in [5.41, 5.74) is 0.688. The summed E-state index contributed by atoms with van der Waals surface area (Å²) in [7, 11) is 0. The normalized spacial score (nSPS) is 24.3.